The number of pyridine rings is 1. The number of likely N-dealkylation sites (N-methyl/N-ethyl adjacent to an activating group) is 1. The number of carbonyl (C=O) groups is 1. The molecule has 0 aliphatic carbocycles. The number of carbonyl (C=O) groups excluding carboxylic acids is 1. The highest BCUT2D eigenvalue weighted by molar-refractivity contribution is 6.14. The van der Waals surface area contributed by atoms with Crippen LogP contribution in [0.25, 0.3) is 12.2 Å². The van der Waals surface area contributed by atoms with Crippen LogP contribution in [-0.2, 0) is 17.1 Å². The second-order valence-electron chi connectivity index (χ2n) is 6.97. The zero-order valence-electron chi connectivity index (χ0n) is 15.7. The quantitative estimate of drug-likeness (QED) is 0.495. The molecule has 1 aliphatic rings. The predicted octanol–water partition coefficient (Wildman–Crippen LogP) is 5.10. The van der Waals surface area contributed by atoms with Gasteiger partial charge in [-0.3, -0.25) is 14.7 Å². The van der Waals surface area contributed by atoms with Crippen LogP contribution in [0, 0.1) is 0 Å². The zero-order chi connectivity index (χ0) is 22.1. The standard InChI is InChI=1S/C21H16F6N2O/c1-29-11-15(5-13-3-2-4-28-10-13)19(30)16(12-29)6-14-7-17(20(22,23)24)9-18(8-14)21(25,26)27/h2-10H,11-12H2,1H3/b15-5?,16-6+. The predicted molar refractivity (Wildman–Crippen MR) is 99.1 cm³/mol. The van der Waals surface area contributed by atoms with E-state index in [0.717, 1.165) is 6.08 Å². The van der Waals surface area contributed by atoms with Gasteiger partial charge in [-0.2, -0.15) is 26.3 Å². The lowest BCUT2D eigenvalue weighted by Gasteiger charge is -2.26. The Morgan fingerprint density at radius 2 is 1.43 bits per heavy atom. The Labute approximate surface area is 168 Å². The average Bonchev–Trinajstić information content (AvgIpc) is 2.64. The summed E-state index contributed by atoms with van der Waals surface area (Å²) in [7, 11) is 1.70. The smallest absolute Gasteiger partial charge is 0.298 e. The number of benzene rings is 1. The van der Waals surface area contributed by atoms with Crippen LogP contribution >= 0.6 is 0 Å². The topological polar surface area (TPSA) is 33.2 Å². The van der Waals surface area contributed by atoms with Crippen LogP contribution in [0.15, 0.2) is 53.9 Å². The number of hydrogen-bond donors (Lipinski definition) is 0. The number of likely N-dealkylation sites (tertiary alicyclic amines) is 1. The minimum Gasteiger partial charge on any atom is -0.298 e. The van der Waals surface area contributed by atoms with Crippen molar-refractivity contribution >= 4 is 17.9 Å². The summed E-state index contributed by atoms with van der Waals surface area (Å²) in [5.74, 6) is -0.428. The summed E-state index contributed by atoms with van der Waals surface area (Å²) >= 11 is 0. The summed E-state index contributed by atoms with van der Waals surface area (Å²) in [6.45, 7) is 0.391. The van der Waals surface area contributed by atoms with Crippen molar-refractivity contribution in [3.05, 3.63) is 76.1 Å². The van der Waals surface area contributed by atoms with Crippen LogP contribution in [0.2, 0.25) is 0 Å². The average molecular weight is 426 g/mol. The summed E-state index contributed by atoms with van der Waals surface area (Å²) in [6, 6.07) is 4.68. The van der Waals surface area contributed by atoms with Crippen molar-refractivity contribution < 1.29 is 31.1 Å². The molecule has 0 atom stereocenters. The molecule has 1 aromatic heterocycles. The molecular formula is C21H16F6N2O. The van der Waals surface area contributed by atoms with Gasteiger partial charge in [0, 0.05) is 36.6 Å². The Morgan fingerprint density at radius 3 is 1.90 bits per heavy atom. The van der Waals surface area contributed by atoms with E-state index in [1.807, 2.05) is 0 Å². The Morgan fingerprint density at radius 1 is 0.900 bits per heavy atom. The summed E-state index contributed by atoms with van der Waals surface area (Å²) in [5, 5.41) is 0. The van der Waals surface area contributed by atoms with Gasteiger partial charge in [-0.25, -0.2) is 0 Å². The summed E-state index contributed by atoms with van der Waals surface area (Å²) in [5.41, 5.74) is -2.05. The fourth-order valence-electron chi connectivity index (χ4n) is 3.14. The van der Waals surface area contributed by atoms with Crippen LogP contribution in [0.5, 0.6) is 0 Å². The molecule has 1 fully saturated rings. The molecule has 2 heterocycles. The van der Waals surface area contributed by atoms with Gasteiger partial charge < -0.3 is 0 Å². The minimum absolute atomic E-state index is 0.0601. The van der Waals surface area contributed by atoms with Gasteiger partial charge in [0.25, 0.3) is 0 Å². The molecule has 1 saturated heterocycles. The molecule has 1 aromatic carbocycles. The van der Waals surface area contributed by atoms with E-state index in [4.69, 9.17) is 0 Å². The van der Waals surface area contributed by atoms with Gasteiger partial charge in [-0.05, 0) is 54.6 Å². The molecular weight excluding hydrogens is 410 g/mol. The number of halogens is 6. The number of nitrogens with zero attached hydrogens (tertiary/aromatic N) is 2. The van der Waals surface area contributed by atoms with Crippen molar-refractivity contribution in [1.29, 1.82) is 0 Å². The number of hydrogen-bond acceptors (Lipinski definition) is 3. The van der Waals surface area contributed by atoms with E-state index in [0.29, 0.717) is 29.8 Å². The molecule has 0 N–H and O–H groups in total. The van der Waals surface area contributed by atoms with Crippen molar-refractivity contribution in [2.75, 3.05) is 20.1 Å². The largest absolute Gasteiger partial charge is 0.416 e. The molecule has 3 nitrogen and oxygen atoms in total. The van der Waals surface area contributed by atoms with E-state index in [-0.39, 0.29) is 23.7 Å². The highest BCUT2D eigenvalue weighted by Crippen LogP contribution is 2.37. The monoisotopic (exact) mass is 426 g/mol. The Hall–Kier alpha value is -2.94. The van der Waals surface area contributed by atoms with Gasteiger partial charge in [0.05, 0.1) is 11.1 Å². The number of ketones is 1. The lowest BCUT2D eigenvalue weighted by molar-refractivity contribution is -0.143. The second kappa shape index (κ2) is 8.06. The van der Waals surface area contributed by atoms with Crippen molar-refractivity contribution in [3.63, 3.8) is 0 Å². The molecule has 0 spiro atoms. The van der Waals surface area contributed by atoms with Gasteiger partial charge in [0.15, 0.2) is 5.78 Å². The third kappa shape index (κ3) is 5.15. The molecule has 3 rings (SSSR count). The number of alkyl halides is 6. The molecule has 0 radical (unpaired) electrons. The van der Waals surface area contributed by atoms with E-state index in [9.17, 15) is 31.1 Å². The number of rotatable bonds is 2. The van der Waals surface area contributed by atoms with Crippen molar-refractivity contribution in [1.82, 2.24) is 9.88 Å². The molecule has 0 amide bonds. The summed E-state index contributed by atoms with van der Waals surface area (Å²) < 4.78 is 78.5. The molecule has 0 bridgehead atoms. The number of aromatic nitrogens is 1. The number of piperidine rings is 1. The Bertz CT molecular complexity index is 974. The van der Waals surface area contributed by atoms with Crippen molar-refractivity contribution in [2.45, 2.75) is 12.4 Å². The second-order valence-corrected chi connectivity index (χ2v) is 6.97. The molecule has 2 aromatic rings. The molecule has 0 saturated carbocycles. The van der Waals surface area contributed by atoms with Gasteiger partial charge >= 0.3 is 12.4 Å². The van der Waals surface area contributed by atoms with E-state index in [1.165, 1.54) is 0 Å². The fraction of sp³-hybridized carbons (Fsp3) is 0.238. The van der Waals surface area contributed by atoms with E-state index < -0.39 is 29.3 Å². The third-order valence-electron chi connectivity index (χ3n) is 4.44. The SMILES string of the molecule is CN1CC(=Cc2cccnc2)C(=O)/C(=C/c2cc(C(F)(F)F)cc(C(F)(F)F)c2)C1. The van der Waals surface area contributed by atoms with E-state index in [2.05, 4.69) is 4.98 Å². The first-order valence-corrected chi connectivity index (χ1v) is 8.77. The molecule has 158 valence electrons. The lowest BCUT2D eigenvalue weighted by Crippen LogP contribution is -2.34. The summed E-state index contributed by atoms with van der Waals surface area (Å²) in [4.78, 5) is 18.5. The van der Waals surface area contributed by atoms with Gasteiger partial charge in [-0.15, -0.1) is 0 Å². The third-order valence-corrected chi connectivity index (χ3v) is 4.44. The highest BCUT2D eigenvalue weighted by Gasteiger charge is 2.37. The lowest BCUT2D eigenvalue weighted by atomic mass is 9.94. The van der Waals surface area contributed by atoms with Gasteiger partial charge in [0.2, 0.25) is 0 Å². The van der Waals surface area contributed by atoms with Crippen LogP contribution in [0.3, 0.4) is 0 Å². The number of Topliss-reactive ketones (excluding diaryl/α,β-unsaturated/α-hetero) is 1. The highest BCUT2D eigenvalue weighted by atomic mass is 19.4. The molecule has 0 unspecified atom stereocenters. The van der Waals surface area contributed by atoms with Crippen LogP contribution in [0.1, 0.15) is 22.3 Å². The first-order chi connectivity index (χ1) is 13.9. The first-order valence-electron chi connectivity index (χ1n) is 8.77. The minimum atomic E-state index is -4.95. The van der Waals surface area contributed by atoms with Crippen molar-refractivity contribution in [3.8, 4) is 0 Å². The van der Waals surface area contributed by atoms with Gasteiger partial charge in [0.1, 0.15) is 0 Å². The maximum absolute atomic E-state index is 13.1. The van der Waals surface area contributed by atoms with Crippen LogP contribution < -0.4 is 0 Å². The van der Waals surface area contributed by atoms with Crippen LogP contribution in [-0.4, -0.2) is 35.8 Å². The van der Waals surface area contributed by atoms with E-state index >= 15 is 0 Å². The molecule has 30 heavy (non-hydrogen) atoms. The zero-order valence-corrected chi connectivity index (χ0v) is 15.7. The van der Waals surface area contributed by atoms with Crippen LogP contribution in [0.4, 0.5) is 26.3 Å². The van der Waals surface area contributed by atoms with Crippen molar-refractivity contribution in [2.24, 2.45) is 0 Å². The Kier molecular flexibility index (Phi) is 5.85. The maximum Gasteiger partial charge on any atom is 0.416 e. The fourth-order valence-corrected chi connectivity index (χ4v) is 3.14. The Balaban J connectivity index is 2.04. The normalized spacial score (nSPS) is 19.0. The first kappa shape index (κ1) is 21.8. The van der Waals surface area contributed by atoms with E-state index in [1.54, 1.807) is 42.6 Å². The molecule has 1 aliphatic heterocycles. The van der Waals surface area contributed by atoms with Gasteiger partial charge in [-0.1, -0.05) is 6.07 Å². The summed E-state index contributed by atoms with van der Waals surface area (Å²) in [6.07, 6.45) is -4.11. The maximum atomic E-state index is 13.1. The molecule has 9 heteroatoms.